The molecule has 0 aliphatic heterocycles. The van der Waals surface area contributed by atoms with Crippen molar-refractivity contribution in [1.82, 2.24) is 5.32 Å². The van der Waals surface area contributed by atoms with Crippen molar-refractivity contribution >= 4 is 23.6 Å². The minimum absolute atomic E-state index is 0.248. The normalized spacial score (nSPS) is 10.3. The summed E-state index contributed by atoms with van der Waals surface area (Å²) in [6.45, 7) is 5.94. The quantitative estimate of drug-likeness (QED) is 0.642. The number of benzene rings is 2. The van der Waals surface area contributed by atoms with E-state index in [2.05, 4.69) is 10.6 Å². The van der Waals surface area contributed by atoms with E-state index in [0.717, 1.165) is 11.1 Å². The Balaban J connectivity index is 1.88. The lowest BCUT2D eigenvalue weighted by molar-refractivity contribution is -0.123. The van der Waals surface area contributed by atoms with Crippen LogP contribution in [-0.2, 0) is 20.9 Å². The summed E-state index contributed by atoms with van der Waals surface area (Å²) in [5.74, 6) is -0.853. The van der Waals surface area contributed by atoms with Crippen LogP contribution in [0.5, 0.6) is 5.75 Å². The number of carbonyl (C=O) groups is 3. The molecule has 0 unspecified atom stereocenters. The molecule has 0 radical (unpaired) electrons. The molecule has 8 nitrogen and oxygen atoms in total. The third kappa shape index (κ3) is 6.59. The van der Waals surface area contributed by atoms with Gasteiger partial charge in [-0.3, -0.25) is 10.1 Å². The van der Waals surface area contributed by atoms with Gasteiger partial charge < -0.3 is 19.5 Å². The first kappa shape index (κ1) is 22.9. The molecule has 0 aliphatic carbocycles. The lowest BCUT2D eigenvalue weighted by Crippen LogP contribution is -2.37. The van der Waals surface area contributed by atoms with Crippen molar-refractivity contribution in [2.45, 2.75) is 27.4 Å². The molecule has 2 rings (SSSR count). The maximum Gasteiger partial charge on any atom is 0.338 e. The van der Waals surface area contributed by atoms with Crippen molar-refractivity contribution in [3.05, 3.63) is 58.7 Å². The summed E-state index contributed by atoms with van der Waals surface area (Å²) in [5, 5.41) is 4.68. The number of rotatable bonds is 8. The van der Waals surface area contributed by atoms with E-state index in [4.69, 9.17) is 14.2 Å². The maximum atomic E-state index is 12.2. The third-order valence-corrected chi connectivity index (χ3v) is 4.33. The van der Waals surface area contributed by atoms with Crippen LogP contribution in [0.4, 0.5) is 10.5 Å². The molecule has 8 heteroatoms. The number of urea groups is 1. The molecule has 0 heterocycles. The van der Waals surface area contributed by atoms with Crippen LogP contribution in [-0.4, -0.2) is 38.2 Å². The zero-order valence-electron chi connectivity index (χ0n) is 17.5. The second kappa shape index (κ2) is 11.0. The van der Waals surface area contributed by atoms with E-state index in [1.54, 1.807) is 24.3 Å². The lowest BCUT2D eigenvalue weighted by atomic mass is 10.1. The van der Waals surface area contributed by atoms with Crippen LogP contribution in [0.3, 0.4) is 0 Å². The standard InChI is InChI=1S/C22H26N2O6/c1-5-29-12-17-11-16(7-9-19(17)28-4)21(26)30-13-20(25)24-22(27)23-18-8-6-14(2)15(3)10-18/h6-11H,5,12-13H2,1-4H3,(H2,23,24,25,27). The van der Waals surface area contributed by atoms with Crippen LogP contribution in [0, 0.1) is 13.8 Å². The maximum absolute atomic E-state index is 12.2. The number of methoxy groups -OCH3 is 1. The van der Waals surface area contributed by atoms with Crippen molar-refractivity contribution in [1.29, 1.82) is 0 Å². The zero-order valence-corrected chi connectivity index (χ0v) is 17.5. The summed E-state index contributed by atoms with van der Waals surface area (Å²) in [5.41, 5.74) is 3.59. The molecule has 0 fully saturated rings. The monoisotopic (exact) mass is 414 g/mol. The number of esters is 1. The molecule has 0 aromatic heterocycles. The SMILES string of the molecule is CCOCc1cc(C(=O)OCC(=O)NC(=O)Nc2ccc(C)c(C)c2)ccc1OC. The highest BCUT2D eigenvalue weighted by atomic mass is 16.5. The fraction of sp³-hybridized carbons (Fsp3) is 0.318. The molecule has 2 N–H and O–H groups in total. The Kier molecular flexibility index (Phi) is 8.37. The van der Waals surface area contributed by atoms with Gasteiger partial charge in [-0.2, -0.15) is 0 Å². The Hall–Kier alpha value is -3.39. The molecule has 0 bridgehead atoms. The minimum atomic E-state index is -0.743. The van der Waals surface area contributed by atoms with E-state index in [1.807, 2.05) is 26.8 Å². The molecule has 160 valence electrons. The molecule has 2 aromatic carbocycles. The second-order valence-electron chi connectivity index (χ2n) is 6.54. The van der Waals surface area contributed by atoms with Gasteiger partial charge in [-0.15, -0.1) is 0 Å². The summed E-state index contributed by atoms with van der Waals surface area (Å²) in [6.07, 6.45) is 0. The van der Waals surface area contributed by atoms with Crippen LogP contribution in [0.15, 0.2) is 36.4 Å². The number of carbonyl (C=O) groups excluding carboxylic acids is 3. The zero-order chi connectivity index (χ0) is 22.1. The average Bonchev–Trinajstić information content (AvgIpc) is 2.72. The fourth-order valence-electron chi connectivity index (χ4n) is 2.59. The van der Waals surface area contributed by atoms with Crippen molar-refractivity contribution in [2.24, 2.45) is 0 Å². The molecule has 0 saturated carbocycles. The number of anilines is 1. The van der Waals surface area contributed by atoms with Gasteiger partial charge in [0, 0.05) is 17.9 Å². The first-order valence-electron chi connectivity index (χ1n) is 9.44. The van der Waals surface area contributed by atoms with Crippen LogP contribution in [0.2, 0.25) is 0 Å². The summed E-state index contributed by atoms with van der Waals surface area (Å²) in [7, 11) is 1.52. The molecular formula is C22H26N2O6. The minimum Gasteiger partial charge on any atom is -0.496 e. The van der Waals surface area contributed by atoms with E-state index >= 15 is 0 Å². The Morgan fingerprint density at radius 2 is 1.77 bits per heavy atom. The Morgan fingerprint density at radius 1 is 1.00 bits per heavy atom. The number of aryl methyl sites for hydroxylation is 2. The van der Waals surface area contributed by atoms with Gasteiger partial charge >= 0.3 is 12.0 Å². The average molecular weight is 414 g/mol. The van der Waals surface area contributed by atoms with Gasteiger partial charge in [0.15, 0.2) is 6.61 Å². The molecule has 2 aromatic rings. The molecule has 0 aliphatic rings. The smallest absolute Gasteiger partial charge is 0.338 e. The number of hydrogen-bond acceptors (Lipinski definition) is 6. The van der Waals surface area contributed by atoms with Crippen molar-refractivity contribution in [3.8, 4) is 5.75 Å². The summed E-state index contributed by atoms with van der Waals surface area (Å²) >= 11 is 0. The first-order chi connectivity index (χ1) is 14.3. The number of nitrogens with one attached hydrogen (secondary N) is 2. The van der Waals surface area contributed by atoms with Gasteiger partial charge in [-0.1, -0.05) is 6.07 Å². The highest BCUT2D eigenvalue weighted by Gasteiger charge is 2.15. The lowest BCUT2D eigenvalue weighted by Gasteiger charge is -2.11. The van der Waals surface area contributed by atoms with Gasteiger partial charge in [0.25, 0.3) is 5.91 Å². The third-order valence-electron chi connectivity index (χ3n) is 4.33. The molecule has 30 heavy (non-hydrogen) atoms. The van der Waals surface area contributed by atoms with Crippen LogP contribution in [0.1, 0.15) is 34.0 Å². The highest BCUT2D eigenvalue weighted by molar-refractivity contribution is 6.02. The Morgan fingerprint density at radius 3 is 2.43 bits per heavy atom. The van der Waals surface area contributed by atoms with E-state index in [0.29, 0.717) is 23.6 Å². The molecule has 0 spiro atoms. The predicted molar refractivity (Wildman–Crippen MR) is 112 cm³/mol. The van der Waals surface area contributed by atoms with Gasteiger partial charge in [0.05, 0.1) is 19.3 Å². The first-order valence-corrected chi connectivity index (χ1v) is 9.44. The van der Waals surface area contributed by atoms with Gasteiger partial charge in [-0.05, 0) is 62.2 Å². The highest BCUT2D eigenvalue weighted by Crippen LogP contribution is 2.21. The summed E-state index contributed by atoms with van der Waals surface area (Å²) < 4.78 is 15.6. The Labute approximate surface area is 175 Å². The Bertz CT molecular complexity index is 926. The van der Waals surface area contributed by atoms with Crippen LogP contribution in [0.25, 0.3) is 0 Å². The van der Waals surface area contributed by atoms with Crippen molar-refractivity contribution < 1.29 is 28.6 Å². The van der Waals surface area contributed by atoms with E-state index in [-0.39, 0.29) is 12.2 Å². The van der Waals surface area contributed by atoms with E-state index < -0.39 is 24.5 Å². The fourth-order valence-corrected chi connectivity index (χ4v) is 2.59. The molecule has 0 saturated heterocycles. The molecule has 0 atom stereocenters. The van der Waals surface area contributed by atoms with E-state index in [1.165, 1.54) is 13.2 Å². The van der Waals surface area contributed by atoms with E-state index in [9.17, 15) is 14.4 Å². The largest absolute Gasteiger partial charge is 0.496 e. The van der Waals surface area contributed by atoms with Crippen LogP contribution >= 0.6 is 0 Å². The van der Waals surface area contributed by atoms with Crippen molar-refractivity contribution in [2.75, 3.05) is 25.6 Å². The van der Waals surface area contributed by atoms with Gasteiger partial charge in [0.1, 0.15) is 5.75 Å². The number of hydrogen-bond donors (Lipinski definition) is 2. The van der Waals surface area contributed by atoms with Crippen molar-refractivity contribution in [3.63, 3.8) is 0 Å². The molecular weight excluding hydrogens is 388 g/mol. The number of amides is 3. The number of ether oxygens (including phenoxy) is 3. The van der Waals surface area contributed by atoms with Crippen LogP contribution < -0.4 is 15.4 Å². The number of imide groups is 1. The summed E-state index contributed by atoms with van der Waals surface area (Å²) in [4.78, 5) is 36.1. The summed E-state index contributed by atoms with van der Waals surface area (Å²) in [6, 6.07) is 9.43. The second-order valence-corrected chi connectivity index (χ2v) is 6.54. The topological polar surface area (TPSA) is 103 Å². The predicted octanol–water partition coefficient (Wildman–Crippen LogP) is 3.35. The van der Waals surface area contributed by atoms with Gasteiger partial charge in [0.2, 0.25) is 0 Å². The molecule has 3 amide bonds. The van der Waals surface area contributed by atoms with Gasteiger partial charge in [-0.25, -0.2) is 9.59 Å².